The van der Waals surface area contributed by atoms with Gasteiger partial charge in [-0.15, -0.1) is 0 Å². The molecule has 1 rings (SSSR count). The van der Waals surface area contributed by atoms with Gasteiger partial charge in [-0.2, -0.15) is 0 Å². The lowest BCUT2D eigenvalue weighted by Gasteiger charge is -2.31. The molecule has 1 heterocycles. The monoisotopic (exact) mass is 257 g/mol. The predicted octanol–water partition coefficient (Wildman–Crippen LogP) is -0.275. The van der Waals surface area contributed by atoms with Crippen LogP contribution in [0.2, 0.25) is 0 Å². The molecular weight excluding hydrogens is 238 g/mol. The number of unbranched alkanes of at least 4 members (excludes halogenated alkanes) is 1. The van der Waals surface area contributed by atoms with E-state index in [1.165, 1.54) is 4.90 Å². The normalized spacial score (nSPS) is 15.7. The summed E-state index contributed by atoms with van der Waals surface area (Å²) in [5, 5.41) is 11.1. The third-order valence-electron chi connectivity index (χ3n) is 2.84. The predicted molar refractivity (Wildman–Crippen MR) is 64.1 cm³/mol. The summed E-state index contributed by atoms with van der Waals surface area (Å²) < 4.78 is 0. The van der Waals surface area contributed by atoms with Gasteiger partial charge in [-0.1, -0.05) is 0 Å². The van der Waals surface area contributed by atoms with Gasteiger partial charge >= 0.3 is 12.0 Å². The molecule has 18 heavy (non-hydrogen) atoms. The SMILES string of the molecule is CN1CCN(C(=O)NCCCCC(=O)O)CC1=O. The quantitative estimate of drug-likeness (QED) is 0.663. The van der Waals surface area contributed by atoms with E-state index in [-0.39, 0.29) is 24.9 Å². The molecule has 1 aliphatic heterocycles. The van der Waals surface area contributed by atoms with Crippen molar-refractivity contribution in [1.29, 1.82) is 0 Å². The number of hydrogen-bond donors (Lipinski definition) is 2. The first kappa shape index (κ1) is 14.3. The molecular formula is C11H19N3O4. The van der Waals surface area contributed by atoms with Crippen LogP contribution in [-0.4, -0.2) is 66.0 Å². The molecule has 0 bridgehead atoms. The summed E-state index contributed by atoms with van der Waals surface area (Å²) >= 11 is 0. The fourth-order valence-corrected chi connectivity index (χ4v) is 1.64. The van der Waals surface area contributed by atoms with Gasteiger partial charge in [0, 0.05) is 33.1 Å². The number of likely N-dealkylation sites (N-methyl/N-ethyl adjacent to an activating group) is 1. The minimum absolute atomic E-state index is 0.0673. The summed E-state index contributed by atoms with van der Waals surface area (Å²) in [6.45, 7) is 1.62. The van der Waals surface area contributed by atoms with E-state index >= 15 is 0 Å². The number of urea groups is 1. The fourth-order valence-electron chi connectivity index (χ4n) is 1.64. The maximum Gasteiger partial charge on any atom is 0.317 e. The number of amides is 3. The minimum Gasteiger partial charge on any atom is -0.481 e. The van der Waals surface area contributed by atoms with Crippen molar-refractivity contribution in [3.05, 3.63) is 0 Å². The lowest BCUT2D eigenvalue weighted by Crippen LogP contribution is -2.53. The Morgan fingerprint density at radius 2 is 2.06 bits per heavy atom. The zero-order chi connectivity index (χ0) is 13.5. The van der Waals surface area contributed by atoms with Gasteiger partial charge in [0.15, 0.2) is 0 Å². The molecule has 7 nitrogen and oxygen atoms in total. The van der Waals surface area contributed by atoms with E-state index in [9.17, 15) is 14.4 Å². The van der Waals surface area contributed by atoms with Crippen molar-refractivity contribution in [2.45, 2.75) is 19.3 Å². The molecule has 0 aliphatic carbocycles. The van der Waals surface area contributed by atoms with Crippen LogP contribution in [0.4, 0.5) is 4.79 Å². The molecule has 0 spiro atoms. The number of rotatable bonds is 5. The minimum atomic E-state index is -0.828. The van der Waals surface area contributed by atoms with Gasteiger partial charge in [-0.3, -0.25) is 9.59 Å². The fraction of sp³-hybridized carbons (Fsp3) is 0.727. The van der Waals surface area contributed by atoms with E-state index in [2.05, 4.69) is 5.32 Å². The van der Waals surface area contributed by atoms with Crippen LogP contribution in [0.25, 0.3) is 0 Å². The Bertz CT molecular complexity index is 332. The molecule has 0 unspecified atom stereocenters. The van der Waals surface area contributed by atoms with Crippen molar-refractivity contribution in [2.24, 2.45) is 0 Å². The Kier molecular flexibility index (Phi) is 5.41. The largest absolute Gasteiger partial charge is 0.481 e. The Morgan fingerprint density at radius 3 is 2.67 bits per heavy atom. The maximum absolute atomic E-state index is 11.7. The number of carbonyl (C=O) groups excluding carboxylic acids is 2. The number of carbonyl (C=O) groups is 3. The molecule has 7 heteroatoms. The highest BCUT2D eigenvalue weighted by molar-refractivity contribution is 5.85. The molecule has 0 radical (unpaired) electrons. The summed E-state index contributed by atoms with van der Waals surface area (Å²) in [6.07, 6.45) is 1.28. The van der Waals surface area contributed by atoms with Crippen LogP contribution < -0.4 is 5.32 Å². The van der Waals surface area contributed by atoms with Crippen LogP contribution in [0.3, 0.4) is 0 Å². The van der Waals surface area contributed by atoms with Crippen LogP contribution in [0.15, 0.2) is 0 Å². The number of aliphatic carboxylic acids is 1. The third kappa shape index (κ3) is 4.60. The van der Waals surface area contributed by atoms with Crippen LogP contribution in [0.5, 0.6) is 0 Å². The first-order valence-corrected chi connectivity index (χ1v) is 5.99. The highest BCUT2D eigenvalue weighted by Gasteiger charge is 2.24. The van der Waals surface area contributed by atoms with Gasteiger partial charge in [-0.25, -0.2) is 4.79 Å². The molecule has 0 aromatic carbocycles. The Labute approximate surface area is 106 Å². The van der Waals surface area contributed by atoms with Crippen LogP contribution >= 0.6 is 0 Å². The molecule has 3 amide bonds. The Morgan fingerprint density at radius 1 is 1.33 bits per heavy atom. The van der Waals surface area contributed by atoms with Gasteiger partial charge in [0.25, 0.3) is 0 Å². The highest BCUT2D eigenvalue weighted by atomic mass is 16.4. The Hall–Kier alpha value is -1.79. The molecule has 1 fully saturated rings. The first-order valence-electron chi connectivity index (χ1n) is 5.99. The second-order valence-corrected chi connectivity index (χ2v) is 4.32. The third-order valence-corrected chi connectivity index (χ3v) is 2.84. The van der Waals surface area contributed by atoms with Gasteiger partial charge in [0.2, 0.25) is 5.91 Å². The van der Waals surface area contributed by atoms with Gasteiger partial charge in [0.05, 0.1) is 0 Å². The van der Waals surface area contributed by atoms with Crippen LogP contribution in [-0.2, 0) is 9.59 Å². The van der Waals surface area contributed by atoms with Crippen molar-refractivity contribution in [2.75, 3.05) is 33.2 Å². The number of carboxylic acids is 1. The van der Waals surface area contributed by atoms with E-state index in [4.69, 9.17) is 5.11 Å². The van der Waals surface area contributed by atoms with Crippen molar-refractivity contribution in [1.82, 2.24) is 15.1 Å². The number of hydrogen-bond acceptors (Lipinski definition) is 3. The summed E-state index contributed by atoms with van der Waals surface area (Å²) in [6, 6.07) is -0.258. The molecule has 0 atom stereocenters. The molecule has 0 saturated carbocycles. The molecule has 2 N–H and O–H groups in total. The zero-order valence-electron chi connectivity index (χ0n) is 10.5. The summed E-state index contributed by atoms with van der Waals surface area (Å²) in [7, 11) is 1.71. The first-order chi connectivity index (χ1) is 8.50. The van der Waals surface area contributed by atoms with Gasteiger partial charge in [0.1, 0.15) is 6.54 Å². The number of nitrogens with one attached hydrogen (secondary N) is 1. The van der Waals surface area contributed by atoms with E-state index in [1.807, 2.05) is 0 Å². The smallest absolute Gasteiger partial charge is 0.317 e. The Balaban J connectivity index is 2.17. The second kappa shape index (κ2) is 6.83. The number of piperazine rings is 1. The van der Waals surface area contributed by atoms with Crippen molar-refractivity contribution < 1.29 is 19.5 Å². The molecule has 1 aliphatic rings. The average molecular weight is 257 g/mol. The second-order valence-electron chi connectivity index (χ2n) is 4.32. The topological polar surface area (TPSA) is 89.9 Å². The van der Waals surface area contributed by atoms with E-state index < -0.39 is 5.97 Å². The average Bonchev–Trinajstić information content (AvgIpc) is 2.31. The zero-order valence-corrected chi connectivity index (χ0v) is 10.5. The van der Waals surface area contributed by atoms with Gasteiger partial charge < -0.3 is 20.2 Å². The molecule has 102 valence electrons. The van der Waals surface area contributed by atoms with Crippen LogP contribution in [0.1, 0.15) is 19.3 Å². The number of nitrogens with zero attached hydrogens (tertiary/aromatic N) is 2. The van der Waals surface area contributed by atoms with Crippen molar-refractivity contribution >= 4 is 17.9 Å². The van der Waals surface area contributed by atoms with Crippen LogP contribution in [0, 0.1) is 0 Å². The lowest BCUT2D eigenvalue weighted by atomic mass is 10.2. The molecule has 1 saturated heterocycles. The summed E-state index contributed by atoms with van der Waals surface area (Å²) in [5.74, 6) is -0.895. The summed E-state index contributed by atoms with van der Waals surface area (Å²) in [5.41, 5.74) is 0. The summed E-state index contributed by atoms with van der Waals surface area (Å²) in [4.78, 5) is 36.4. The van der Waals surface area contributed by atoms with Crippen molar-refractivity contribution in [3.8, 4) is 0 Å². The van der Waals surface area contributed by atoms with E-state index in [0.717, 1.165) is 0 Å². The number of carboxylic acid groups (broad SMARTS) is 1. The van der Waals surface area contributed by atoms with Crippen molar-refractivity contribution in [3.63, 3.8) is 0 Å². The van der Waals surface area contributed by atoms with Gasteiger partial charge in [-0.05, 0) is 12.8 Å². The standard InChI is InChI=1S/C11H19N3O4/c1-13-6-7-14(8-9(13)15)11(18)12-5-3-2-4-10(16)17/h2-8H2,1H3,(H,12,18)(H,16,17). The van der Waals surface area contributed by atoms with E-state index in [1.54, 1.807) is 11.9 Å². The lowest BCUT2D eigenvalue weighted by molar-refractivity contribution is -0.137. The maximum atomic E-state index is 11.7. The molecule has 0 aromatic rings. The van der Waals surface area contributed by atoms with E-state index in [0.29, 0.717) is 32.5 Å². The highest BCUT2D eigenvalue weighted by Crippen LogP contribution is 2.01. The molecule has 0 aromatic heterocycles.